The standard InChI is InChI=1S/C11H24N2O/c1-4-5-6-7-8-9-10-12-13-11(2,3)14/h14H,4-10H2,1-3H3/b13-12+. The summed E-state index contributed by atoms with van der Waals surface area (Å²) in [7, 11) is 0. The Morgan fingerprint density at radius 3 is 2.14 bits per heavy atom. The number of rotatable bonds is 8. The minimum atomic E-state index is -0.998. The molecule has 0 rings (SSSR count). The second-order valence-corrected chi connectivity index (χ2v) is 4.23. The summed E-state index contributed by atoms with van der Waals surface area (Å²) in [4.78, 5) is 0. The molecular formula is C11H24N2O. The van der Waals surface area contributed by atoms with Gasteiger partial charge in [0.1, 0.15) is 0 Å². The van der Waals surface area contributed by atoms with Crippen molar-refractivity contribution in [1.29, 1.82) is 0 Å². The maximum absolute atomic E-state index is 9.23. The Balaban J connectivity index is 3.17. The lowest BCUT2D eigenvalue weighted by molar-refractivity contribution is 0.0815. The molecule has 0 aromatic carbocycles. The molecule has 0 heterocycles. The van der Waals surface area contributed by atoms with Gasteiger partial charge in [-0.05, 0) is 20.3 Å². The van der Waals surface area contributed by atoms with Gasteiger partial charge in [0, 0.05) is 0 Å². The van der Waals surface area contributed by atoms with Crippen LogP contribution in [0.3, 0.4) is 0 Å². The molecule has 0 aromatic heterocycles. The largest absolute Gasteiger partial charge is 0.368 e. The predicted octanol–water partition coefficient (Wildman–Crippen LogP) is 3.53. The first-order valence-corrected chi connectivity index (χ1v) is 5.67. The van der Waals surface area contributed by atoms with Crippen molar-refractivity contribution in [3.63, 3.8) is 0 Å². The highest BCUT2D eigenvalue weighted by Gasteiger charge is 2.07. The Bertz CT molecular complexity index is 150. The molecule has 84 valence electrons. The SMILES string of the molecule is CCCCCCCC/N=N/C(C)(C)O. The molecule has 14 heavy (non-hydrogen) atoms. The third kappa shape index (κ3) is 11.6. The van der Waals surface area contributed by atoms with Gasteiger partial charge in [0.15, 0.2) is 5.72 Å². The van der Waals surface area contributed by atoms with Gasteiger partial charge >= 0.3 is 0 Å². The zero-order valence-electron chi connectivity index (χ0n) is 9.79. The highest BCUT2D eigenvalue weighted by molar-refractivity contribution is 4.57. The highest BCUT2D eigenvalue weighted by Crippen LogP contribution is 2.06. The van der Waals surface area contributed by atoms with Crippen molar-refractivity contribution >= 4 is 0 Å². The van der Waals surface area contributed by atoms with E-state index in [0.29, 0.717) is 0 Å². The van der Waals surface area contributed by atoms with Crippen LogP contribution in [0.2, 0.25) is 0 Å². The van der Waals surface area contributed by atoms with Crippen LogP contribution in [0.5, 0.6) is 0 Å². The van der Waals surface area contributed by atoms with Crippen molar-refractivity contribution in [2.75, 3.05) is 6.54 Å². The first-order chi connectivity index (χ1) is 6.56. The van der Waals surface area contributed by atoms with Crippen LogP contribution in [0.1, 0.15) is 59.3 Å². The van der Waals surface area contributed by atoms with Crippen LogP contribution >= 0.6 is 0 Å². The van der Waals surface area contributed by atoms with E-state index in [4.69, 9.17) is 0 Å². The van der Waals surface area contributed by atoms with E-state index in [2.05, 4.69) is 17.2 Å². The van der Waals surface area contributed by atoms with Gasteiger partial charge < -0.3 is 5.11 Å². The normalized spacial score (nSPS) is 12.6. The number of azo groups is 1. The minimum absolute atomic E-state index is 0.746. The van der Waals surface area contributed by atoms with Gasteiger partial charge in [-0.25, -0.2) is 0 Å². The molecule has 0 bridgehead atoms. The van der Waals surface area contributed by atoms with E-state index >= 15 is 0 Å². The van der Waals surface area contributed by atoms with Crippen molar-refractivity contribution in [2.24, 2.45) is 10.2 Å². The Kier molecular flexibility index (Phi) is 7.67. The van der Waals surface area contributed by atoms with Gasteiger partial charge in [-0.1, -0.05) is 39.0 Å². The number of hydrogen-bond acceptors (Lipinski definition) is 3. The minimum Gasteiger partial charge on any atom is -0.368 e. The summed E-state index contributed by atoms with van der Waals surface area (Å²) in [6.45, 7) is 6.24. The zero-order valence-corrected chi connectivity index (χ0v) is 9.79. The summed E-state index contributed by atoms with van der Waals surface area (Å²) in [5.41, 5.74) is -0.998. The maximum atomic E-state index is 9.23. The first kappa shape index (κ1) is 13.6. The third-order valence-electron chi connectivity index (χ3n) is 1.93. The van der Waals surface area contributed by atoms with E-state index in [1.807, 2.05) is 0 Å². The molecule has 0 aliphatic rings. The van der Waals surface area contributed by atoms with Crippen LogP contribution in [0.15, 0.2) is 10.2 Å². The van der Waals surface area contributed by atoms with Gasteiger partial charge in [0.25, 0.3) is 0 Å². The summed E-state index contributed by atoms with van der Waals surface area (Å²) >= 11 is 0. The van der Waals surface area contributed by atoms with Crippen molar-refractivity contribution in [3.8, 4) is 0 Å². The Morgan fingerprint density at radius 1 is 1.00 bits per heavy atom. The van der Waals surface area contributed by atoms with Crippen LogP contribution in [0.25, 0.3) is 0 Å². The molecule has 0 fully saturated rings. The van der Waals surface area contributed by atoms with Gasteiger partial charge in [-0.2, -0.15) is 10.2 Å². The highest BCUT2D eigenvalue weighted by atomic mass is 16.3. The first-order valence-electron chi connectivity index (χ1n) is 5.67. The van der Waals surface area contributed by atoms with Crippen LogP contribution in [0, 0.1) is 0 Å². The van der Waals surface area contributed by atoms with Crippen LogP contribution in [0.4, 0.5) is 0 Å². The van der Waals surface area contributed by atoms with E-state index in [9.17, 15) is 5.11 Å². The molecule has 0 amide bonds. The fourth-order valence-corrected chi connectivity index (χ4v) is 1.19. The zero-order chi connectivity index (χ0) is 10.9. The molecule has 0 unspecified atom stereocenters. The molecular weight excluding hydrogens is 176 g/mol. The van der Waals surface area contributed by atoms with Gasteiger partial charge in [-0.3, -0.25) is 0 Å². The summed E-state index contributed by atoms with van der Waals surface area (Å²) in [5.74, 6) is 0. The van der Waals surface area contributed by atoms with Crippen molar-refractivity contribution in [2.45, 2.75) is 65.0 Å². The van der Waals surface area contributed by atoms with E-state index in [1.54, 1.807) is 13.8 Å². The molecule has 3 heteroatoms. The predicted molar refractivity (Wildman–Crippen MR) is 59.4 cm³/mol. The average Bonchev–Trinajstić information content (AvgIpc) is 2.08. The van der Waals surface area contributed by atoms with Crippen molar-refractivity contribution < 1.29 is 5.11 Å². The Labute approximate surface area is 87.6 Å². The number of hydrogen-bond donors (Lipinski definition) is 1. The summed E-state index contributed by atoms with van der Waals surface area (Å²) in [6, 6.07) is 0. The van der Waals surface area contributed by atoms with E-state index in [0.717, 1.165) is 13.0 Å². The maximum Gasteiger partial charge on any atom is 0.170 e. The van der Waals surface area contributed by atoms with Crippen LogP contribution < -0.4 is 0 Å². The lowest BCUT2D eigenvalue weighted by atomic mass is 10.1. The number of aliphatic hydroxyl groups is 1. The fourth-order valence-electron chi connectivity index (χ4n) is 1.19. The second kappa shape index (κ2) is 7.92. The quantitative estimate of drug-likeness (QED) is 0.473. The lowest BCUT2D eigenvalue weighted by Gasteiger charge is -2.07. The lowest BCUT2D eigenvalue weighted by Crippen LogP contribution is -2.13. The van der Waals surface area contributed by atoms with Crippen LogP contribution in [-0.4, -0.2) is 17.4 Å². The van der Waals surface area contributed by atoms with Gasteiger partial charge in [0.2, 0.25) is 0 Å². The Morgan fingerprint density at radius 2 is 1.57 bits per heavy atom. The van der Waals surface area contributed by atoms with E-state index in [1.165, 1.54) is 32.1 Å². The van der Waals surface area contributed by atoms with E-state index in [-0.39, 0.29) is 0 Å². The van der Waals surface area contributed by atoms with Gasteiger partial charge in [-0.15, -0.1) is 0 Å². The van der Waals surface area contributed by atoms with Crippen molar-refractivity contribution in [3.05, 3.63) is 0 Å². The Hall–Kier alpha value is -0.440. The number of nitrogens with zero attached hydrogens (tertiary/aromatic N) is 2. The fraction of sp³-hybridized carbons (Fsp3) is 1.00. The molecule has 3 nitrogen and oxygen atoms in total. The van der Waals surface area contributed by atoms with E-state index < -0.39 is 5.72 Å². The van der Waals surface area contributed by atoms with Crippen LogP contribution in [-0.2, 0) is 0 Å². The monoisotopic (exact) mass is 200 g/mol. The summed E-state index contributed by atoms with van der Waals surface area (Å²) < 4.78 is 0. The van der Waals surface area contributed by atoms with Crippen molar-refractivity contribution in [1.82, 2.24) is 0 Å². The molecule has 0 aliphatic heterocycles. The summed E-state index contributed by atoms with van der Waals surface area (Å²) in [5, 5.41) is 16.9. The second-order valence-electron chi connectivity index (χ2n) is 4.23. The molecule has 0 saturated heterocycles. The number of unbranched alkanes of at least 4 members (excludes halogenated alkanes) is 5. The molecule has 0 atom stereocenters. The molecule has 0 spiro atoms. The molecule has 0 aliphatic carbocycles. The molecule has 1 N–H and O–H groups in total. The third-order valence-corrected chi connectivity index (χ3v) is 1.93. The summed E-state index contributed by atoms with van der Waals surface area (Å²) in [6.07, 6.45) is 7.57. The topological polar surface area (TPSA) is 45.0 Å². The van der Waals surface area contributed by atoms with Gasteiger partial charge in [0.05, 0.1) is 6.54 Å². The average molecular weight is 200 g/mol. The molecule has 0 saturated carbocycles. The smallest absolute Gasteiger partial charge is 0.170 e. The molecule has 0 radical (unpaired) electrons. The molecule has 0 aromatic rings.